The molecule has 1 aliphatic rings. The maximum absolute atomic E-state index is 12.4. The fraction of sp³-hybridized carbons (Fsp3) is 0.444. The largest absolute Gasteiger partial charge is 0.382 e. The summed E-state index contributed by atoms with van der Waals surface area (Å²) in [7, 11) is 0. The molecular formula is C18H24N2O2. The molecule has 0 aliphatic carbocycles. The lowest BCUT2D eigenvalue weighted by Gasteiger charge is -2.19. The smallest absolute Gasteiger partial charge is 0.227 e. The van der Waals surface area contributed by atoms with Crippen molar-refractivity contribution in [2.24, 2.45) is 5.92 Å². The van der Waals surface area contributed by atoms with Gasteiger partial charge in [0.25, 0.3) is 0 Å². The Morgan fingerprint density at radius 3 is 2.86 bits per heavy atom. The van der Waals surface area contributed by atoms with Crippen molar-refractivity contribution in [1.29, 1.82) is 0 Å². The van der Waals surface area contributed by atoms with Gasteiger partial charge in [-0.25, -0.2) is 0 Å². The molecule has 118 valence electrons. The number of benzene rings is 1. The molecule has 1 aromatic rings. The molecule has 0 bridgehead atoms. The first-order chi connectivity index (χ1) is 10.5. The second-order valence-corrected chi connectivity index (χ2v) is 5.90. The van der Waals surface area contributed by atoms with Gasteiger partial charge in [-0.15, -0.1) is 0 Å². The van der Waals surface area contributed by atoms with Gasteiger partial charge in [0, 0.05) is 30.3 Å². The van der Waals surface area contributed by atoms with E-state index in [0.29, 0.717) is 25.0 Å². The second-order valence-electron chi connectivity index (χ2n) is 5.90. The van der Waals surface area contributed by atoms with Crippen LogP contribution in [0.1, 0.15) is 31.7 Å². The van der Waals surface area contributed by atoms with Crippen molar-refractivity contribution in [2.45, 2.75) is 39.2 Å². The molecule has 2 unspecified atom stereocenters. The Labute approximate surface area is 132 Å². The predicted molar refractivity (Wildman–Crippen MR) is 88.8 cm³/mol. The highest BCUT2D eigenvalue weighted by Crippen LogP contribution is 2.22. The van der Waals surface area contributed by atoms with Crippen LogP contribution >= 0.6 is 0 Å². The standard InChI is InChI=1S/C18H24N2O2/c1-4-14(20-15-7-5-6-12(2)10-15)11-17(21)13(3)16-8-9-19-18(16)22/h5-7,10,14,16,20H,3-4,8-9,11H2,1-2H3,(H,19,22). The zero-order valence-corrected chi connectivity index (χ0v) is 13.3. The van der Waals surface area contributed by atoms with Crippen LogP contribution in [0, 0.1) is 12.8 Å². The molecule has 2 N–H and O–H groups in total. The Hall–Kier alpha value is -2.10. The second kappa shape index (κ2) is 7.25. The molecule has 0 aromatic heterocycles. The van der Waals surface area contributed by atoms with E-state index in [1.54, 1.807) is 0 Å². The lowest BCUT2D eigenvalue weighted by Crippen LogP contribution is -2.27. The summed E-state index contributed by atoms with van der Waals surface area (Å²) in [5.41, 5.74) is 2.64. The van der Waals surface area contributed by atoms with Crippen LogP contribution in [-0.4, -0.2) is 24.3 Å². The molecule has 0 spiro atoms. The van der Waals surface area contributed by atoms with E-state index in [1.807, 2.05) is 32.0 Å². The zero-order valence-electron chi connectivity index (χ0n) is 13.3. The number of hydrogen-bond acceptors (Lipinski definition) is 3. The maximum atomic E-state index is 12.4. The number of amides is 1. The molecule has 0 radical (unpaired) electrons. The highest BCUT2D eigenvalue weighted by Gasteiger charge is 2.30. The Kier molecular flexibility index (Phi) is 5.36. The highest BCUT2D eigenvalue weighted by molar-refractivity contribution is 6.01. The SMILES string of the molecule is C=C(C(=O)CC(CC)Nc1cccc(C)c1)C1CCNC1=O. The molecular weight excluding hydrogens is 276 g/mol. The van der Waals surface area contributed by atoms with E-state index in [9.17, 15) is 9.59 Å². The summed E-state index contributed by atoms with van der Waals surface area (Å²) in [4.78, 5) is 24.0. The van der Waals surface area contributed by atoms with Crippen LogP contribution in [-0.2, 0) is 9.59 Å². The summed E-state index contributed by atoms with van der Waals surface area (Å²) in [6, 6.07) is 8.15. The summed E-state index contributed by atoms with van der Waals surface area (Å²) < 4.78 is 0. The van der Waals surface area contributed by atoms with Crippen molar-refractivity contribution in [3.05, 3.63) is 42.0 Å². The van der Waals surface area contributed by atoms with Crippen molar-refractivity contribution in [1.82, 2.24) is 5.32 Å². The Bertz CT molecular complexity index is 580. The van der Waals surface area contributed by atoms with Gasteiger partial charge in [0.15, 0.2) is 5.78 Å². The van der Waals surface area contributed by atoms with Gasteiger partial charge in [-0.1, -0.05) is 25.6 Å². The van der Waals surface area contributed by atoms with E-state index in [2.05, 4.69) is 23.3 Å². The summed E-state index contributed by atoms with van der Waals surface area (Å²) in [6.45, 7) is 8.58. The molecule has 1 heterocycles. The Morgan fingerprint density at radius 2 is 2.27 bits per heavy atom. The third kappa shape index (κ3) is 3.97. The number of Topliss-reactive ketones (excluding diaryl/α,β-unsaturated/α-hetero) is 1. The maximum Gasteiger partial charge on any atom is 0.227 e. The average molecular weight is 300 g/mol. The van der Waals surface area contributed by atoms with Gasteiger partial charge in [0.05, 0.1) is 5.92 Å². The summed E-state index contributed by atoms with van der Waals surface area (Å²) >= 11 is 0. The molecule has 22 heavy (non-hydrogen) atoms. The molecule has 2 atom stereocenters. The third-order valence-electron chi connectivity index (χ3n) is 4.14. The quantitative estimate of drug-likeness (QED) is 0.761. The third-order valence-corrected chi connectivity index (χ3v) is 4.14. The molecule has 4 nitrogen and oxygen atoms in total. The van der Waals surface area contributed by atoms with Gasteiger partial charge < -0.3 is 10.6 Å². The first-order valence-electron chi connectivity index (χ1n) is 7.84. The molecule has 1 aliphatic heterocycles. The van der Waals surface area contributed by atoms with Gasteiger partial charge >= 0.3 is 0 Å². The first-order valence-corrected chi connectivity index (χ1v) is 7.84. The van der Waals surface area contributed by atoms with E-state index in [1.165, 1.54) is 5.56 Å². The average Bonchev–Trinajstić information content (AvgIpc) is 2.91. The number of rotatable bonds is 7. The number of anilines is 1. The fourth-order valence-corrected chi connectivity index (χ4v) is 2.74. The van der Waals surface area contributed by atoms with Gasteiger partial charge in [-0.2, -0.15) is 0 Å². The summed E-state index contributed by atoms with van der Waals surface area (Å²) in [5.74, 6) is -0.434. The topological polar surface area (TPSA) is 58.2 Å². The van der Waals surface area contributed by atoms with Crippen molar-refractivity contribution in [3.63, 3.8) is 0 Å². The van der Waals surface area contributed by atoms with E-state index in [-0.39, 0.29) is 23.7 Å². The summed E-state index contributed by atoms with van der Waals surface area (Å²) in [6.07, 6.45) is 1.88. The number of nitrogens with one attached hydrogen (secondary N) is 2. The van der Waals surface area contributed by atoms with E-state index >= 15 is 0 Å². The molecule has 1 fully saturated rings. The van der Waals surface area contributed by atoms with Crippen LogP contribution in [0.15, 0.2) is 36.4 Å². The van der Waals surface area contributed by atoms with Gasteiger partial charge in [0.1, 0.15) is 0 Å². The monoisotopic (exact) mass is 300 g/mol. The Balaban J connectivity index is 1.96. The fourth-order valence-electron chi connectivity index (χ4n) is 2.74. The molecule has 0 saturated carbocycles. The lowest BCUT2D eigenvalue weighted by atomic mass is 9.92. The minimum Gasteiger partial charge on any atom is -0.382 e. The molecule has 2 rings (SSSR count). The van der Waals surface area contributed by atoms with Crippen molar-refractivity contribution in [3.8, 4) is 0 Å². The van der Waals surface area contributed by atoms with Crippen molar-refractivity contribution < 1.29 is 9.59 Å². The molecule has 1 aromatic carbocycles. The van der Waals surface area contributed by atoms with Gasteiger partial charge in [-0.05, 0) is 37.5 Å². The number of hydrogen-bond donors (Lipinski definition) is 2. The number of ketones is 1. The van der Waals surface area contributed by atoms with Crippen LogP contribution in [0.2, 0.25) is 0 Å². The molecule has 1 saturated heterocycles. The minimum absolute atomic E-state index is 0.0194. The normalized spacial score (nSPS) is 18.6. The highest BCUT2D eigenvalue weighted by atomic mass is 16.2. The summed E-state index contributed by atoms with van der Waals surface area (Å²) in [5, 5.41) is 6.15. The van der Waals surface area contributed by atoms with E-state index in [4.69, 9.17) is 0 Å². The molecule has 4 heteroatoms. The zero-order chi connectivity index (χ0) is 16.1. The first kappa shape index (κ1) is 16.3. The van der Waals surface area contributed by atoms with Crippen molar-refractivity contribution in [2.75, 3.05) is 11.9 Å². The van der Waals surface area contributed by atoms with E-state index < -0.39 is 0 Å². The lowest BCUT2D eigenvalue weighted by molar-refractivity contribution is -0.124. The Morgan fingerprint density at radius 1 is 1.50 bits per heavy atom. The van der Waals surface area contributed by atoms with E-state index in [0.717, 1.165) is 12.1 Å². The van der Waals surface area contributed by atoms with Crippen LogP contribution in [0.4, 0.5) is 5.69 Å². The number of carbonyl (C=O) groups is 2. The van der Waals surface area contributed by atoms with Crippen LogP contribution in [0.3, 0.4) is 0 Å². The van der Waals surface area contributed by atoms with Crippen LogP contribution < -0.4 is 10.6 Å². The predicted octanol–water partition coefficient (Wildman–Crippen LogP) is 2.84. The van der Waals surface area contributed by atoms with Crippen LogP contribution in [0.5, 0.6) is 0 Å². The minimum atomic E-state index is -0.344. The number of aryl methyl sites for hydroxylation is 1. The molecule has 1 amide bonds. The number of carbonyl (C=O) groups excluding carboxylic acids is 2. The van der Waals surface area contributed by atoms with Crippen molar-refractivity contribution >= 4 is 17.4 Å². The van der Waals surface area contributed by atoms with Crippen LogP contribution in [0.25, 0.3) is 0 Å². The van der Waals surface area contributed by atoms with Gasteiger partial charge in [-0.3, -0.25) is 9.59 Å². The van der Waals surface area contributed by atoms with Gasteiger partial charge in [0.2, 0.25) is 5.91 Å².